The van der Waals surface area contributed by atoms with Crippen LogP contribution in [0.2, 0.25) is 0 Å². The Kier molecular flexibility index (Phi) is 3.43. The molecule has 1 heterocycles. The van der Waals surface area contributed by atoms with E-state index in [-0.39, 0.29) is 5.82 Å². The Labute approximate surface area is 77.5 Å². The Morgan fingerprint density at radius 3 is 2.85 bits per heavy atom. The van der Waals surface area contributed by atoms with Gasteiger partial charge in [-0.15, -0.1) is 0 Å². The molecule has 0 aromatic carbocycles. The van der Waals surface area contributed by atoms with E-state index in [9.17, 15) is 4.39 Å². The lowest BCUT2D eigenvalue weighted by molar-refractivity contribution is 0.622. The first-order valence-electron chi connectivity index (χ1n) is 4.17. The maximum Gasteiger partial charge on any atom is 0.141 e. The van der Waals surface area contributed by atoms with Gasteiger partial charge in [-0.3, -0.25) is 0 Å². The highest BCUT2D eigenvalue weighted by molar-refractivity contribution is 5.34. The third-order valence-electron chi connectivity index (χ3n) is 1.52. The molecule has 2 nitrogen and oxygen atoms in total. The third-order valence-corrected chi connectivity index (χ3v) is 1.52. The highest BCUT2D eigenvalue weighted by atomic mass is 19.1. The third kappa shape index (κ3) is 3.69. The molecule has 0 spiro atoms. The zero-order chi connectivity index (χ0) is 9.68. The summed E-state index contributed by atoms with van der Waals surface area (Å²) in [4.78, 5) is 3.86. The van der Waals surface area contributed by atoms with Crippen LogP contribution in [0.1, 0.15) is 13.8 Å². The number of rotatable bonds is 3. The normalized spacial score (nSPS) is 9.46. The summed E-state index contributed by atoms with van der Waals surface area (Å²) in [5, 5.41) is 3.05. The van der Waals surface area contributed by atoms with E-state index in [1.165, 1.54) is 17.8 Å². The predicted molar refractivity (Wildman–Crippen MR) is 52.1 cm³/mol. The van der Waals surface area contributed by atoms with Crippen molar-refractivity contribution in [2.24, 2.45) is 0 Å². The molecule has 1 aromatic rings. The molecule has 1 rings (SSSR count). The van der Waals surface area contributed by atoms with Crippen molar-refractivity contribution in [3.05, 3.63) is 35.8 Å². The van der Waals surface area contributed by atoms with Crippen molar-refractivity contribution in [3.63, 3.8) is 0 Å². The minimum Gasteiger partial charge on any atom is -0.367 e. The molecule has 70 valence electrons. The fourth-order valence-corrected chi connectivity index (χ4v) is 0.840. The molecule has 0 radical (unpaired) electrons. The fourth-order valence-electron chi connectivity index (χ4n) is 0.840. The van der Waals surface area contributed by atoms with Crippen molar-refractivity contribution in [3.8, 4) is 0 Å². The summed E-state index contributed by atoms with van der Waals surface area (Å²) in [5.74, 6) is 0.381. The summed E-state index contributed by atoms with van der Waals surface area (Å²) in [7, 11) is 0. The van der Waals surface area contributed by atoms with Gasteiger partial charge in [0.25, 0.3) is 0 Å². The molecular formula is C10H13FN2. The zero-order valence-electron chi connectivity index (χ0n) is 7.84. The molecule has 0 saturated heterocycles. The van der Waals surface area contributed by atoms with E-state index in [0.717, 1.165) is 6.54 Å². The number of pyridine rings is 1. The molecular weight excluding hydrogens is 167 g/mol. The average molecular weight is 180 g/mol. The van der Waals surface area contributed by atoms with Crippen LogP contribution in [-0.2, 0) is 0 Å². The molecule has 0 atom stereocenters. The number of nitrogens with one attached hydrogen (secondary N) is 1. The molecule has 1 N–H and O–H groups in total. The molecule has 1 aromatic heterocycles. The summed E-state index contributed by atoms with van der Waals surface area (Å²) < 4.78 is 12.4. The van der Waals surface area contributed by atoms with Gasteiger partial charge in [-0.1, -0.05) is 11.6 Å². The van der Waals surface area contributed by atoms with E-state index >= 15 is 0 Å². The van der Waals surface area contributed by atoms with Crippen molar-refractivity contribution in [2.75, 3.05) is 11.9 Å². The molecule has 0 bridgehead atoms. The lowest BCUT2D eigenvalue weighted by atomic mass is 10.3. The van der Waals surface area contributed by atoms with Crippen LogP contribution in [0.5, 0.6) is 0 Å². The van der Waals surface area contributed by atoms with Crippen LogP contribution in [0, 0.1) is 5.82 Å². The van der Waals surface area contributed by atoms with Gasteiger partial charge in [0.05, 0.1) is 6.20 Å². The topological polar surface area (TPSA) is 24.9 Å². The van der Waals surface area contributed by atoms with Gasteiger partial charge in [-0.05, 0) is 26.0 Å². The molecule has 0 saturated carbocycles. The highest BCUT2D eigenvalue weighted by Crippen LogP contribution is 2.02. The minimum atomic E-state index is -0.312. The van der Waals surface area contributed by atoms with Crippen LogP contribution in [0.15, 0.2) is 30.0 Å². The highest BCUT2D eigenvalue weighted by Gasteiger charge is 1.91. The second kappa shape index (κ2) is 4.60. The molecule has 0 aliphatic heterocycles. The number of hydrogen-bond donors (Lipinski definition) is 1. The second-order valence-corrected chi connectivity index (χ2v) is 3.02. The molecule has 0 fully saturated rings. The van der Waals surface area contributed by atoms with Crippen molar-refractivity contribution in [1.29, 1.82) is 0 Å². The maximum atomic E-state index is 12.4. The first-order valence-corrected chi connectivity index (χ1v) is 4.17. The lowest BCUT2D eigenvalue weighted by Crippen LogP contribution is -2.00. The Bertz CT molecular complexity index is 286. The van der Waals surface area contributed by atoms with Gasteiger partial charge in [0.15, 0.2) is 0 Å². The summed E-state index contributed by atoms with van der Waals surface area (Å²) in [5.41, 5.74) is 1.25. The number of aromatic nitrogens is 1. The first-order chi connectivity index (χ1) is 6.18. The van der Waals surface area contributed by atoms with Crippen LogP contribution in [0.25, 0.3) is 0 Å². The first kappa shape index (κ1) is 9.71. The summed E-state index contributed by atoms with van der Waals surface area (Å²) in [6.45, 7) is 4.78. The summed E-state index contributed by atoms with van der Waals surface area (Å²) >= 11 is 0. The number of anilines is 1. The van der Waals surface area contributed by atoms with E-state index in [2.05, 4.69) is 10.3 Å². The molecule has 3 heteroatoms. The standard InChI is InChI=1S/C10H13FN2/c1-8(2)5-6-12-10-4-3-9(11)7-13-10/h3-5,7H,6H2,1-2H3,(H,12,13). The molecule has 13 heavy (non-hydrogen) atoms. The van der Waals surface area contributed by atoms with Crippen molar-refractivity contribution < 1.29 is 4.39 Å². The van der Waals surface area contributed by atoms with Gasteiger partial charge in [0.2, 0.25) is 0 Å². The van der Waals surface area contributed by atoms with Crippen LogP contribution < -0.4 is 5.32 Å². The average Bonchev–Trinajstić information content (AvgIpc) is 2.08. The van der Waals surface area contributed by atoms with Crippen LogP contribution >= 0.6 is 0 Å². The van der Waals surface area contributed by atoms with Gasteiger partial charge in [-0.25, -0.2) is 9.37 Å². The number of allylic oxidation sites excluding steroid dienone is 1. The van der Waals surface area contributed by atoms with Gasteiger partial charge < -0.3 is 5.32 Å². The smallest absolute Gasteiger partial charge is 0.141 e. The van der Waals surface area contributed by atoms with E-state index < -0.39 is 0 Å². The Morgan fingerprint density at radius 2 is 2.31 bits per heavy atom. The quantitative estimate of drug-likeness (QED) is 0.723. The molecule has 0 amide bonds. The van der Waals surface area contributed by atoms with Crippen LogP contribution in [0.4, 0.5) is 10.2 Å². The van der Waals surface area contributed by atoms with Crippen LogP contribution in [-0.4, -0.2) is 11.5 Å². The second-order valence-electron chi connectivity index (χ2n) is 3.02. The Hall–Kier alpha value is -1.38. The minimum absolute atomic E-state index is 0.312. The van der Waals surface area contributed by atoms with Gasteiger partial charge in [-0.2, -0.15) is 0 Å². The molecule has 0 aliphatic carbocycles. The van der Waals surface area contributed by atoms with Crippen molar-refractivity contribution >= 4 is 5.82 Å². The van der Waals surface area contributed by atoms with Gasteiger partial charge in [0, 0.05) is 6.54 Å². The Balaban J connectivity index is 2.46. The largest absolute Gasteiger partial charge is 0.367 e. The van der Waals surface area contributed by atoms with Gasteiger partial charge >= 0.3 is 0 Å². The van der Waals surface area contributed by atoms with Crippen molar-refractivity contribution in [1.82, 2.24) is 4.98 Å². The fraction of sp³-hybridized carbons (Fsp3) is 0.300. The van der Waals surface area contributed by atoms with Crippen molar-refractivity contribution in [2.45, 2.75) is 13.8 Å². The number of nitrogens with zero attached hydrogens (tertiary/aromatic N) is 1. The Morgan fingerprint density at radius 1 is 1.54 bits per heavy atom. The number of halogens is 1. The molecule has 0 aliphatic rings. The van der Waals surface area contributed by atoms with E-state index in [1.807, 2.05) is 19.9 Å². The monoisotopic (exact) mass is 180 g/mol. The van der Waals surface area contributed by atoms with Gasteiger partial charge in [0.1, 0.15) is 11.6 Å². The number of hydrogen-bond acceptors (Lipinski definition) is 2. The predicted octanol–water partition coefficient (Wildman–Crippen LogP) is 2.60. The van der Waals surface area contributed by atoms with E-state index in [1.54, 1.807) is 6.07 Å². The lowest BCUT2D eigenvalue weighted by Gasteiger charge is -2.01. The van der Waals surface area contributed by atoms with Crippen LogP contribution in [0.3, 0.4) is 0 Å². The zero-order valence-corrected chi connectivity index (χ0v) is 7.84. The molecule has 0 unspecified atom stereocenters. The van der Waals surface area contributed by atoms with E-state index in [0.29, 0.717) is 5.82 Å². The summed E-state index contributed by atoms with van der Waals surface area (Å²) in [6, 6.07) is 3.01. The maximum absolute atomic E-state index is 12.4. The summed E-state index contributed by atoms with van der Waals surface area (Å²) in [6.07, 6.45) is 3.25. The SMILES string of the molecule is CC(C)=CCNc1ccc(F)cn1. The van der Waals surface area contributed by atoms with E-state index in [4.69, 9.17) is 0 Å².